The van der Waals surface area contributed by atoms with E-state index in [0.717, 1.165) is 41.6 Å². The second-order valence-corrected chi connectivity index (χ2v) is 8.18. The minimum absolute atomic E-state index is 0.261. The zero-order valence-electron chi connectivity index (χ0n) is 17.0. The van der Waals surface area contributed by atoms with Crippen molar-refractivity contribution in [3.8, 4) is 0 Å². The highest BCUT2D eigenvalue weighted by Gasteiger charge is 2.52. The molecule has 1 aliphatic heterocycles. The van der Waals surface area contributed by atoms with Crippen molar-refractivity contribution in [1.29, 1.82) is 0 Å². The molecule has 4 amide bonds. The number of fused-ring (bicyclic) bond motifs is 1. The quantitative estimate of drug-likeness (QED) is 0.759. The lowest BCUT2D eigenvalue weighted by atomic mass is 9.75. The van der Waals surface area contributed by atoms with Gasteiger partial charge in [0, 0.05) is 29.3 Å². The van der Waals surface area contributed by atoms with Gasteiger partial charge in [-0.25, -0.2) is 4.79 Å². The van der Waals surface area contributed by atoms with Gasteiger partial charge in [-0.15, -0.1) is 0 Å². The number of hydrogen-bond donors (Lipinski definition) is 2. The number of urea groups is 1. The summed E-state index contributed by atoms with van der Waals surface area (Å²) in [5.74, 6) is -0.0232. The van der Waals surface area contributed by atoms with Gasteiger partial charge in [-0.2, -0.15) is 0 Å². The molecular weight excluding hydrogens is 368 g/mol. The molecule has 0 unspecified atom stereocenters. The van der Waals surface area contributed by atoms with E-state index in [2.05, 4.69) is 29.0 Å². The molecule has 154 valence electrons. The monoisotopic (exact) mass is 396 g/mol. The maximum Gasteiger partial charge on any atom is 0.325 e. The largest absolute Gasteiger partial charge is 0.348 e. The van der Waals surface area contributed by atoms with Crippen LogP contribution < -0.4 is 10.6 Å². The van der Waals surface area contributed by atoms with E-state index >= 15 is 0 Å². The molecule has 2 aliphatic rings. The van der Waals surface area contributed by atoms with Crippen molar-refractivity contribution in [2.75, 3.05) is 11.9 Å². The molecule has 2 N–H and O–H groups in total. The van der Waals surface area contributed by atoms with Crippen molar-refractivity contribution in [1.82, 2.24) is 14.8 Å². The van der Waals surface area contributed by atoms with Gasteiger partial charge in [0.15, 0.2) is 0 Å². The third kappa shape index (κ3) is 3.50. The molecule has 1 aliphatic carbocycles. The molecule has 2 heterocycles. The van der Waals surface area contributed by atoms with Crippen molar-refractivity contribution >= 4 is 34.4 Å². The molecule has 4 rings (SSSR count). The van der Waals surface area contributed by atoms with Crippen LogP contribution in [0.5, 0.6) is 0 Å². The fourth-order valence-electron chi connectivity index (χ4n) is 4.64. The number of rotatable bonds is 5. The molecule has 2 aromatic rings. The van der Waals surface area contributed by atoms with Gasteiger partial charge in [0.2, 0.25) is 5.91 Å². The predicted molar refractivity (Wildman–Crippen MR) is 111 cm³/mol. The van der Waals surface area contributed by atoms with Crippen molar-refractivity contribution < 1.29 is 14.4 Å². The number of hydrogen-bond acceptors (Lipinski definition) is 3. The first-order chi connectivity index (χ1) is 14.0. The Bertz CT molecular complexity index is 956. The van der Waals surface area contributed by atoms with Crippen LogP contribution in [-0.4, -0.2) is 39.4 Å². The highest BCUT2D eigenvalue weighted by Crippen LogP contribution is 2.37. The SMILES string of the molecule is CCC1CCC2(CC1)NC(=O)N(CC(=O)Nc1ccc3c(ccn3CC)c1)C2=O. The Hall–Kier alpha value is -2.83. The Labute approximate surface area is 170 Å². The van der Waals surface area contributed by atoms with E-state index in [0.29, 0.717) is 24.4 Å². The van der Waals surface area contributed by atoms with Crippen molar-refractivity contribution in [2.24, 2.45) is 5.92 Å². The maximum absolute atomic E-state index is 12.9. The van der Waals surface area contributed by atoms with Gasteiger partial charge in [0.25, 0.3) is 5.91 Å². The Balaban J connectivity index is 1.42. The average molecular weight is 396 g/mol. The van der Waals surface area contributed by atoms with Gasteiger partial charge in [-0.3, -0.25) is 14.5 Å². The number of aromatic nitrogens is 1. The Morgan fingerprint density at radius 2 is 1.97 bits per heavy atom. The van der Waals surface area contributed by atoms with Crippen LogP contribution in [0.4, 0.5) is 10.5 Å². The Morgan fingerprint density at radius 1 is 1.21 bits per heavy atom. The first kappa shape index (κ1) is 19.5. The summed E-state index contributed by atoms with van der Waals surface area (Å²) < 4.78 is 2.13. The number of nitrogens with one attached hydrogen (secondary N) is 2. The van der Waals surface area contributed by atoms with Gasteiger partial charge in [0.05, 0.1) is 0 Å². The van der Waals surface area contributed by atoms with Gasteiger partial charge in [-0.05, 0) is 62.8 Å². The molecule has 1 saturated heterocycles. The van der Waals surface area contributed by atoms with Gasteiger partial charge in [-0.1, -0.05) is 13.3 Å². The molecule has 0 radical (unpaired) electrons. The van der Waals surface area contributed by atoms with Gasteiger partial charge < -0.3 is 15.2 Å². The lowest BCUT2D eigenvalue weighted by Crippen LogP contribution is -2.49. The molecule has 1 aromatic heterocycles. The van der Waals surface area contributed by atoms with Crippen LogP contribution in [0.2, 0.25) is 0 Å². The van der Waals surface area contributed by atoms with E-state index in [4.69, 9.17) is 0 Å². The summed E-state index contributed by atoms with van der Waals surface area (Å²) in [7, 11) is 0. The standard InChI is InChI=1S/C22H28N4O3/c1-3-15-7-10-22(11-8-15)20(28)26(21(29)24-22)14-19(27)23-17-5-6-18-16(13-17)9-12-25(18)4-2/h5-6,9,12-13,15H,3-4,7-8,10-11,14H2,1-2H3,(H,23,27)(H,24,29). The summed E-state index contributed by atoms with van der Waals surface area (Å²) in [6, 6.07) is 7.24. The van der Waals surface area contributed by atoms with Crippen LogP contribution >= 0.6 is 0 Å². The number of nitrogens with zero attached hydrogens (tertiary/aromatic N) is 2. The summed E-state index contributed by atoms with van der Waals surface area (Å²) in [5.41, 5.74) is 0.941. The number of carbonyl (C=O) groups excluding carboxylic acids is 3. The summed E-state index contributed by atoms with van der Waals surface area (Å²) >= 11 is 0. The number of anilines is 1. The zero-order valence-corrected chi connectivity index (χ0v) is 17.0. The molecule has 7 nitrogen and oxygen atoms in total. The second-order valence-electron chi connectivity index (χ2n) is 8.18. The van der Waals surface area contributed by atoms with E-state index in [1.165, 1.54) is 0 Å². The second kappa shape index (κ2) is 7.54. The molecule has 1 aromatic carbocycles. The summed E-state index contributed by atoms with van der Waals surface area (Å²) in [6.07, 6.45) is 6.27. The topological polar surface area (TPSA) is 83.4 Å². The van der Waals surface area contributed by atoms with Crippen LogP contribution in [-0.2, 0) is 16.1 Å². The fourth-order valence-corrected chi connectivity index (χ4v) is 4.64. The summed E-state index contributed by atoms with van der Waals surface area (Å²) in [5, 5.41) is 6.72. The van der Waals surface area contributed by atoms with E-state index < -0.39 is 11.6 Å². The van der Waals surface area contributed by atoms with E-state index in [1.54, 1.807) is 0 Å². The molecule has 0 atom stereocenters. The van der Waals surface area contributed by atoms with Crippen molar-refractivity contribution in [3.63, 3.8) is 0 Å². The minimum atomic E-state index is -0.814. The molecular formula is C22H28N4O3. The molecule has 7 heteroatoms. The van der Waals surface area contributed by atoms with Crippen LogP contribution in [0.25, 0.3) is 10.9 Å². The van der Waals surface area contributed by atoms with Gasteiger partial charge in [0.1, 0.15) is 12.1 Å². The van der Waals surface area contributed by atoms with Crippen molar-refractivity contribution in [2.45, 2.75) is 58.0 Å². The molecule has 0 bridgehead atoms. The summed E-state index contributed by atoms with van der Waals surface area (Å²) in [4.78, 5) is 39.0. The van der Waals surface area contributed by atoms with Crippen molar-refractivity contribution in [3.05, 3.63) is 30.5 Å². The Kier molecular flexibility index (Phi) is 5.06. The first-order valence-corrected chi connectivity index (χ1v) is 10.5. The Morgan fingerprint density at radius 3 is 2.66 bits per heavy atom. The smallest absolute Gasteiger partial charge is 0.325 e. The molecule has 2 fully saturated rings. The first-order valence-electron chi connectivity index (χ1n) is 10.5. The van der Waals surface area contributed by atoms with E-state index in [-0.39, 0.29) is 18.4 Å². The van der Waals surface area contributed by atoms with Gasteiger partial charge >= 0.3 is 6.03 Å². The normalized spacial score (nSPS) is 24.3. The number of imide groups is 1. The molecule has 29 heavy (non-hydrogen) atoms. The highest BCUT2D eigenvalue weighted by molar-refractivity contribution is 6.10. The molecule has 1 spiro atoms. The highest BCUT2D eigenvalue weighted by atomic mass is 16.2. The minimum Gasteiger partial charge on any atom is -0.348 e. The number of aryl methyl sites for hydroxylation is 1. The number of carbonyl (C=O) groups is 3. The maximum atomic E-state index is 12.9. The van der Waals surface area contributed by atoms with E-state index in [1.807, 2.05) is 30.5 Å². The number of amides is 4. The van der Waals surface area contributed by atoms with Crippen LogP contribution in [0.1, 0.15) is 46.0 Å². The lowest BCUT2D eigenvalue weighted by molar-refractivity contribution is -0.135. The van der Waals surface area contributed by atoms with Crippen LogP contribution in [0.15, 0.2) is 30.5 Å². The predicted octanol–water partition coefficient (Wildman–Crippen LogP) is 3.49. The molecule has 1 saturated carbocycles. The zero-order chi connectivity index (χ0) is 20.6. The van der Waals surface area contributed by atoms with Crippen LogP contribution in [0, 0.1) is 5.92 Å². The third-order valence-electron chi connectivity index (χ3n) is 6.48. The summed E-state index contributed by atoms with van der Waals surface area (Å²) in [6.45, 7) is 4.84. The average Bonchev–Trinajstić information content (AvgIpc) is 3.22. The lowest BCUT2D eigenvalue weighted by Gasteiger charge is -2.34. The van der Waals surface area contributed by atoms with E-state index in [9.17, 15) is 14.4 Å². The fraction of sp³-hybridized carbons (Fsp3) is 0.500. The van der Waals surface area contributed by atoms with Crippen LogP contribution in [0.3, 0.4) is 0 Å². The third-order valence-corrected chi connectivity index (χ3v) is 6.48. The number of benzene rings is 1.